The maximum atomic E-state index is 13.0. The Morgan fingerprint density at radius 2 is 0.851 bits per heavy atom. The zero-order chi connectivity index (χ0) is 48.9. The number of aliphatic hydroxyl groups excluding tert-OH is 7. The Bertz CT molecular complexity index is 1270. The molecule has 0 spiro atoms. The van der Waals surface area contributed by atoms with Crippen molar-refractivity contribution in [3.05, 3.63) is 24.3 Å². The van der Waals surface area contributed by atoms with E-state index < -0.39 is 92.7 Å². The van der Waals surface area contributed by atoms with Crippen LogP contribution < -0.4 is 0 Å². The van der Waals surface area contributed by atoms with Gasteiger partial charge in [0.1, 0.15) is 55.4 Å². The number of ether oxygens (including phenoxy) is 6. The first-order chi connectivity index (χ1) is 32.5. The second-order valence-electron chi connectivity index (χ2n) is 18.7. The predicted molar refractivity (Wildman–Crippen MR) is 257 cm³/mol. The van der Waals surface area contributed by atoms with E-state index in [0.717, 1.165) is 57.8 Å². The summed E-state index contributed by atoms with van der Waals surface area (Å²) in [6.07, 6.45) is 23.4. The molecule has 2 heterocycles. The first-order valence-corrected chi connectivity index (χ1v) is 26.4. The van der Waals surface area contributed by atoms with Crippen LogP contribution in [0.1, 0.15) is 200 Å². The van der Waals surface area contributed by atoms with E-state index in [-0.39, 0.29) is 26.1 Å². The molecule has 0 aromatic heterocycles. The molecule has 4 unspecified atom stereocenters. The summed E-state index contributed by atoms with van der Waals surface area (Å²) in [6.45, 7) is 2.57. The van der Waals surface area contributed by atoms with Gasteiger partial charge in [0.25, 0.3) is 0 Å². The number of hydrogen-bond acceptors (Lipinski definition) is 15. The zero-order valence-corrected chi connectivity index (χ0v) is 41.4. The molecule has 0 aromatic carbocycles. The van der Waals surface area contributed by atoms with E-state index in [1.54, 1.807) is 0 Å². The molecular formula is C52H94O15. The second kappa shape index (κ2) is 39.7. The maximum Gasteiger partial charge on any atom is 0.306 e. The summed E-state index contributed by atoms with van der Waals surface area (Å²) in [5, 5.41) is 72.1. The fourth-order valence-electron chi connectivity index (χ4n) is 8.26. The molecule has 0 aromatic rings. The van der Waals surface area contributed by atoms with Gasteiger partial charge in [-0.1, -0.05) is 147 Å². The Kier molecular flexibility index (Phi) is 36.2. The molecule has 2 aliphatic rings. The first kappa shape index (κ1) is 61.1. The van der Waals surface area contributed by atoms with Crippen LogP contribution >= 0.6 is 0 Å². The van der Waals surface area contributed by atoms with Crippen LogP contribution in [0.15, 0.2) is 24.3 Å². The van der Waals surface area contributed by atoms with Crippen LogP contribution in [0.4, 0.5) is 0 Å². The molecular weight excluding hydrogens is 865 g/mol. The molecule has 67 heavy (non-hydrogen) atoms. The van der Waals surface area contributed by atoms with E-state index in [4.69, 9.17) is 28.4 Å². The van der Waals surface area contributed by atoms with Crippen molar-refractivity contribution in [1.82, 2.24) is 0 Å². The van der Waals surface area contributed by atoms with Crippen LogP contribution in [0.3, 0.4) is 0 Å². The minimum Gasteiger partial charge on any atom is -0.462 e. The highest BCUT2D eigenvalue weighted by atomic mass is 16.7. The molecule has 2 fully saturated rings. The predicted octanol–water partition coefficient (Wildman–Crippen LogP) is 7.55. The molecule has 7 N–H and O–H groups in total. The summed E-state index contributed by atoms with van der Waals surface area (Å²) in [5.74, 6) is -0.932. The van der Waals surface area contributed by atoms with E-state index in [1.807, 2.05) is 0 Å². The van der Waals surface area contributed by atoms with Gasteiger partial charge in [0, 0.05) is 12.8 Å². The van der Waals surface area contributed by atoms with Crippen LogP contribution in [0.5, 0.6) is 0 Å². The van der Waals surface area contributed by atoms with Crippen LogP contribution in [0.25, 0.3) is 0 Å². The van der Waals surface area contributed by atoms with Crippen molar-refractivity contribution < 1.29 is 73.8 Å². The van der Waals surface area contributed by atoms with Gasteiger partial charge < -0.3 is 64.2 Å². The van der Waals surface area contributed by atoms with Gasteiger partial charge in [-0.25, -0.2) is 0 Å². The third-order valence-electron chi connectivity index (χ3n) is 12.7. The molecule has 0 saturated carbocycles. The van der Waals surface area contributed by atoms with E-state index in [1.165, 1.54) is 103 Å². The topological polar surface area (TPSA) is 231 Å². The lowest BCUT2D eigenvalue weighted by atomic mass is 9.98. The number of rotatable bonds is 41. The summed E-state index contributed by atoms with van der Waals surface area (Å²) >= 11 is 0. The monoisotopic (exact) mass is 959 g/mol. The van der Waals surface area contributed by atoms with E-state index in [9.17, 15) is 45.3 Å². The van der Waals surface area contributed by atoms with Crippen molar-refractivity contribution in [3.8, 4) is 0 Å². The van der Waals surface area contributed by atoms with Crippen molar-refractivity contribution in [2.75, 3.05) is 26.4 Å². The highest BCUT2D eigenvalue weighted by Gasteiger charge is 2.47. The Balaban J connectivity index is 1.80. The third kappa shape index (κ3) is 27.8. The van der Waals surface area contributed by atoms with Gasteiger partial charge in [-0.15, -0.1) is 0 Å². The molecule has 0 bridgehead atoms. The van der Waals surface area contributed by atoms with Crippen LogP contribution in [0.2, 0.25) is 0 Å². The van der Waals surface area contributed by atoms with Gasteiger partial charge in [0.05, 0.1) is 19.8 Å². The smallest absolute Gasteiger partial charge is 0.306 e. The Hall–Kier alpha value is -2.02. The van der Waals surface area contributed by atoms with Crippen LogP contribution in [-0.2, 0) is 38.0 Å². The number of unbranched alkanes of at least 4 members (excludes halogenated alkanes) is 23. The zero-order valence-electron chi connectivity index (χ0n) is 41.4. The van der Waals surface area contributed by atoms with Crippen molar-refractivity contribution in [2.24, 2.45) is 0 Å². The molecule has 392 valence electrons. The number of esters is 2. The minimum atomic E-state index is -1.76. The number of aliphatic hydroxyl groups is 7. The van der Waals surface area contributed by atoms with Crippen molar-refractivity contribution >= 4 is 11.9 Å². The average molecular weight is 959 g/mol. The standard InChI is InChI=1S/C52H94O15/c1-3-5-7-9-11-13-15-17-19-20-21-23-24-26-28-30-32-34-43(54)62-37-40(65-44(55)35-33-31-29-27-25-22-18-16-14-12-10-8-6-4-2)38-63-51-50(61)48(59)46(57)42(67-51)39-64-52-49(60)47(58)45(56)41(36-53)66-52/h13,15-16,18,40-42,45-53,56-61H,3-12,14,17,19-39H2,1-2H3/b15-13+,18-16+/t40-,41+,42+,45-,46-,47?,48?,49?,50?,51+,52+/m0/s1. The van der Waals surface area contributed by atoms with Crippen LogP contribution in [0, 0.1) is 0 Å². The fourth-order valence-corrected chi connectivity index (χ4v) is 8.26. The van der Waals surface area contributed by atoms with Gasteiger partial charge in [0.15, 0.2) is 18.7 Å². The third-order valence-corrected chi connectivity index (χ3v) is 12.7. The summed E-state index contributed by atoms with van der Waals surface area (Å²) in [6, 6.07) is 0. The largest absolute Gasteiger partial charge is 0.462 e. The van der Waals surface area contributed by atoms with Gasteiger partial charge in [-0.05, 0) is 64.2 Å². The van der Waals surface area contributed by atoms with E-state index in [0.29, 0.717) is 12.8 Å². The lowest BCUT2D eigenvalue weighted by Gasteiger charge is -2.42. The highest BCUT2D eigenvalue weighted by molar-refractivity contribution is 5.70. The molecule has 0 aliphatic carbocycles. The first-order valence-electron chi connectivity index (χ1n) is 26.4. The summed E-state index contributed by atoms with van der Waals surface area (Å²) < 4.78 is 33.6. The van der Waals surface area contributed by atoms with Gasteiger partial charge in [0.2, 0.25) is 0 Å². The second-order valence-corrected chi connectivity index (χ2v) is 18.7. The Morgan fingerprint density at radius 1 is 0.463 bits per heavy atom. The minimum absolute atomic E-state index is 0.157. The van der Waals surface area contributed by atoms with Crippen molar-refractivity contribution in [3.63, 3.8) is 0 Å². The molecule has 11 atom stereocenters. The number of allylic oxidation sites excluding steroid dienone is 4. The van der Waals surface area contributed by atoms with Crippen molar-refractivity contribution in [1.29, 1.82) is 0 Å². The van der Waals surface area contributed by atoms with E-state index in [2.05, 4.69) is 38.2 Å². The number of carbonyl (C=O) groups excluding carboxylic acids is 2. The maximum absolute atomic E-state index is 13.0. The van der Waals surface area contributed by atoms with Gasteiger partial charge >= 0.3 is 11.9 Å². The Morgan fingerprint density at radius 3 is 1.33 bits per heavy atom. The Labute approximate surface area is 403 Å². The lowest BCUT2D eigenvalue weighted by molar-refractivity contribution is -0.332. The number of hydrogen-bond donors (Lipinski definition) is 7. The summed E-state index contributed by atoms with van der Waals surface area (Å²) in [4.78, 5) is 25.8. The summed E-state index contributed by atoms with van der Waals surface area (Å²) in [7, 11) is 0. The molecule has 2 saturated heterocycles. The van der Waals surface area contributed by atoms with Crippen molar-refractivity contribution in [2.45, 2.75) is 268 Å². The highest BCUT2D eigenvalue weighted by Crippen LogP contribution is 2.26. The van der Waals surface area contributed by atoms with Gasteiger partial charge in [-0.3, -0.25) is 9.59 Å². The fraction of sp³-hybridized carbons (Fsp3) is 0.885. The molecule has 15 nitrogen and oxygen atoms in total. The van der Waals surface area contributed by atoms with Crippen LogP contribution in [-0.4, -0.2) is 142 Å². The quantitative estimate of drug-likeness (QED) is 0.0178. The molecule has 0 amide bonds. The SMILES string of the molecule is CCCCCC/C=C/CCCCCCCCCCCC(=O)OC[C@@H](CO[C@@H]1O[C@H](CO[C@@H]2O[C@H](CO)[C@H](O)C(O)C2O)[C@H](O)C(O)C1O)OC(=O)CCCCCCC/C=C/CCCCCCC. The molecule has 2 rings (SSSR count). The molecule has 15 heteroatoms. The molecule has 0 radical (unpaired) electrons. The lowest BCUT2D eigenvalue weighted by Crippen LogP contribution is -2.61. The number of carbonyl (C=O) groups is 2. The van der Waals surface area contributed by atoms with Gasteiger partial charge in [-0.2, -0.15) is 0 Å². The average Bonchev–Trinajstić information content (AvgIpc) is 3.32. The summed E-state index contributed by atoms with van der Waals surface area (Å²) in [5.41, 5.74) is 0. The molecule has 2 aliphatic heterocycles. The normalized spacial score (nSPS) is 26.1. The van der Waals surface area contributed by atoms with E-state index >= 15 is 0 Å².